The molecule has 7 heteroatoms. The molecule has 4 N–H and O–H groups in total. The van der Waals surface area contributed by atoms with Crippen LogP contribution in [0.2, 0.25) is 5.02 Å². The zero-order valence-electron chi connectivity index (χ0n) is 17.7. The SMILES string of the molecule is OC[C@H]1O[C@@H](c2ccc(Cl)c(Cc3ccc(C#Cc4cccnc4)cc3)c2)[C@H](O)[C@@H](O)[C@@H]1O. The molecule has 2 aromatic carbocycles. The number of rotatable bonds is 4. The van der Waals surface area contributed by atoms with Crippen LogP contribution in [0.3, 0.4) is 0 Å². The summed E-state index contributed by atoms with van der Waals surface area (Å²) in [4.78, 5) is 4.05. The summed E-state index contributed by atoms with van der Waals surface area (Å²) in [5, 5.41) is 40.5. The van der Waals surface area contributed by atoms with Gasteiger partial charge in [0.1, 0.15) is 30.5 Å². The molecule has 33 heavy (non-hydrogen) atoms. The van der Waals surface area contributed by atoms with Crippen LogP contribution >= 0.6 is 11.6 Å². The van der Waals surface area contributed by atoms with E-state index in [1.54, 1.807) is 24.5 Å². The van der Waals surface area contributed by atoms with Crippen molar-refractivity contribution in [1.29, 1.82) is 0 Å². The normalized spacial score (nSPS) is 24.7. The lowest BCUT2D eigenvalue weighted by atomic mass is 9.90. The molecule has 1 fully saturated rings. The zero-order chi connectivity index (χ0) is 23.4. The summed E-state index contributed by atoms with van der Waals surface area (Å²) in [7, 11) is 0. The van der Waals surface area contributed by atoms with Gasteiger partial charge in [-0.15, -0.1) is 0 Å². The van der Waals surface area contributed by atoms with Gasteiger partial charge in [-0.05, 0) is 53.4 Å². The Balaban J connectivity index is 1.51. The first-order valence-electron chi connectivity index (χ1n) is 10.6. The van der Waals surface area contributed by atoms with E-state index < -0.39 is 37.1 Å². The van der Waals surface area contributed by atoms with Gasteiger partial charge in [-0.2, -0.15) is 0 Å². The van der Waals surface area contributed by atoms with E-state index in [-0.39, 0.29) is 0 Å². The molecule has 0 amide bonds. The molecular formula is C26H24ClNO5. The summed E-state index contributed by atoms with van der Waals surface area (Å²) in [5.41, 5.74) is 4.17. The van der Waals surface area contributed by atoms with Crippen LogP contribution in [-0.4, -0.2) is 56.4 Å². The highest BCUT2D eigenvalue weighted by molar-refractivity contribution is 6.31. The van der Waals surface area contributed by atoms with Crippen LogP contribution < -0.4 is 0 Å². The van der Waals surface area contributed by atoms with Crippen molar-refractivity contribution in [1.82, 2.24) is 4.98 Å². The molecule has 1 aliphatic rings. The molecule has 0 saturated carbocycles. The molecule has 5 atom stereocenters. The van der Waals surface area contributed by atoms with Gasteiger partial charge in [-0.3, -0.25) is 4.98 Å². The van der Waals surface area contributed by atoms with Gasteiger partial charge in [-0.1, -0.05) is 47.7 Å². The molecular weight excluding hydrogens is 442 g/mol. The number of halogens is 1. The first-order chi connectivity index (χ1) is 16.0. The number of aliphatic hydroxyl groups is 4. The van der Waals surface area contributed by atoms with Crippen molar-refractivity contribution in [2.75, 3.05) is 6.61 Å². The van der Waals surface area contributed by atoms with Crippen LogP contribution in [0.5, 0.6) is 0 Å². The third-order valence-corrected chi connectivity index (χ3v) is 6.02. The zero-order valence-corrected chi connectivity index (χ0v) is 18.4. The molecule has 0 radical (unpaired) electrons. The first-order valence-corrected chi connectivity index (χ1v) is 10.9. The average Bonchev–Trinajstić information content (AvgIpc) is 2.84. The van der Waals surface area contributed by atoms with E-state index >= 15 is 0 Å². The van der Waals surface area contributed by atoms with Crippen molar-refractivity contribution in [2.45, 2.75) is 36.9 Å². The lowest BCUT2D eigenvalue weighted by Gasteiger charge is -2.40. The maximum Gasteiger partial charge on any atom is 0.113 e. The molecule has 1 saturated heterocycles. The molecule has 1 aliphatic heterocycles. The van der Waals surface area contributed by atoms with Crippen molar-refractivity contribution in [3.8, 4) is 11.8 Å². The Morgan fingerprint density at radius 3 is 2.36 bits per heavy atom. The van der Waals surface area contributed by atoms with Gasteiger partial charge in [0.05, 0.1) is 6.61 Å². The minimum Gasteiger partial charge on any atom is -0.394 e. The summed E-state index contributed by atoms with van der Waals surface area (Å²) in [6.07, 6.45) is -2.07. The van der Waals surface area contributed by atoms with Gasteiger partial charge in [0.2, 0.25) is 0 Å². The summed E-state index contributed by atoms with van der Waals surface area (Å²) in [6.45, 7) is -0.474. The molecule has 6 nitrogen and oxygen atoms in total. The molecule has 3 aromatic rings. The van der Waals surface area contributed by atoms with Gasteiger partial charge < -0.3 is 25.2 Å². The Morgan fingerprint density at radius 1 is 0.909 bits per heavy atom. The summed E-state index contributed by atoms with van der Waals surface area (Å²) in [5.74, 6) is 6.19. The van der Waals surface area contributed by atoms with Crippen molar-refractivity contribution < 1.29 is 25.2 Å². The van der Waals surface area contributed by atoms with Gasteiger partial charge in [0, 0.05) is 28.5 Å². The topological polar surface area (TPSA) is 103 Å². The van der Waals surface area contributed by atoms with Crippen LogP contribution in [0, 0.1) is 11.8 Å². The van der Waals surface area contributed by atoms with E-state index in [9.17, 15) is 20.4 Å². The molecule has 0 spiro atoms. The Morgan fingerprint density at radius 2 is 1.67 bits per heavy atom. The second-order valence-electron chi connectivity index (χ2n) is 7.97. The van der Waals surface area contributed by atoms with Crippen LogP contribution in [0.1, 0.15) is 33.9 Å². The number of benzene rings is 2. The Hall–Kier alpha value is -2.76. The van der Waals surface area contributed by atoms with Crippen LogP contribution in [-0.2, 0) is 11.2 Å². The Bertz CT molecular complexity index is 1140. The van der Waals surface area contributed by atoms with Crippen LogP contribution in [0.15, 0.2) is 67.0 Å². The molecule has 0 bridgehead atoms. The predicted molar refractivity (Wildman–Crippen MR) is 124 cm³/mol. The third kappa shape index (κ3) is 5.43. The smallest absolute Gasteiger partial charge is 0.113 e. The maximum absolute atomic E-state index is 10.4. The fraction of sp³-hybridized carbons (Fsp3) is 0.269. The van der Waals surface area contributed by atoms with Crippen molar-refractivity contribution in [3.05, 3.63) is 99.8 Å². The first kappa shape index (κ1) is 23.4. The fourth-order valence-electron chi connectivity index (χ4n) is 3.79. The number of aliphatic hydroxyl groups excluding tert-OH is 4. The second-order valence-corrected chi connectivity index (χ2v) is 8.37. The molecule has 2 heterocycles. The Kier molecular flexibility index (Phi) is 7.41. The third-order valence-electron chi connectivity index (χ3n) is 5.65. The maximum atomic E-state index is 10.4. The predicted octanol–water partition coefficient (Wildman–Crippen LogP) is 2.24. The van der Waals surface area contributed by atoms with E-state index in [1.165, 1.54) is 0 Å². The monoisotopic (exact) mass is 465 g/mol. The summed E-state index contributed by atoms with van der Waals surface area (Å²) < 4.78 is 5.67. The molecule has 0 unspecified atom stereocenters. The van der Waals surface area contributed by atoms with Gasteiger partial charge >= 0.3 is 0 Å². The van der Waals surface area contributed by atoms with Crippen molar-refractivity contribution in [2.24, 2.45) is 0 Å². The van der Waals surface area contributed by atoms with Gasteiger partial charge in [0.15, 0.2) is 0 Å². The largest absolute Gasteiger partial charge is 0.394 e. The van der Waals surface area contributed by atoms with Crippen LogP contribution in [0.25, 0.3) is 0 Å². The van der Waals surface area contributed by atoms with Gasteiger partial charge in [-0.25, -0.2) is 0 Å². The standard InChI is InChI=1S/C26H24ClNO5/c27-21-10-9-19(26-25(32)24(31)23(30)22(15-29)33-26)13-20(21)12-17-6-3-16(4-7-17)5-8-18-2-1-11-28-14-18/h1-4,6-7,9-11,13-14,22-26,29-32H,12,15H2/t22-,23-,24+,25-,26+/m1/s1. The van der Waals surface area contributed by atoms with E-state index in [4.69, 9.17) is 16.3 Å². The van der Waals surface area contributed by atoms with Crippen molar-refractivity contribution in [3.63, 3.8) is 0 Å². The quantitative estimate of drug-likeness (QED) is 0.441. The van der Waals surface area contributed by atoms with Gasteiger partial charge in [0.25, 0.3) is 0 Å². The number of aromatic nitrogens is 1. The van der Waals surface area contributed by atoms with E-state index in [2.05, 4.69) is 16.8 Å². The number of hydrogen-bond acceptors (Lipinski definition) is 6. The fourth-order valence-corrected chi connectivity index (χ4v) is 3.98. The Labute approximate surface area is 197 Å². The lowest BCUT2D eigenvalue weighted by Crippen LogP contribution is -2.55. The molecule has 1 aromatic heterocycles. The summed E-state index contributed by atoms with van der Waals surface area (Å²) in [6, 6.07) is 16.8. The van der Waals surface area contributed by atoms with E-state index in [1.807, 2.05) is 42.5 Å². The van der Waals surface area contributed by atoms with E-state index in [0.717, 1.165) is 22.3 Å². The highest BCUT2D eigenvalue weighted by Gasteiger charge is 2.44. The molecule has 170 valence electrons. The van der Waals surface area contributed by atoms with Crippen molar-refractivity contribution >= 4 is 11.6 Å². The number of hydrogen-bond donors (Lipinski definition) is 4. The number of ether oxygens (including phenoxy) is 1. The number of pyridine rings is 1. The minimum absolute atomic E-state index is 0.474. The highest BCUT2D eigenvalue weighted by Crippen LogP contribution is 2.34. The average molecular weight is 466 g/mol. The summed E-state index contributed by atoms with van der Waals surface area (Å²) >= 11 is 6.42. The molecule has 4 rings (SSSR count). The van der Waals surface area contributed by atoms with Crippen LogP contribution in [0.4, 0.5) is 0 Å². The minimum atomic E-state index is -1.43. The highest BCUT2D eigenvalue weighted by atomic mass is 35.5. The second kappa shape index (κ2) is 10.4. The lowest BCUT2D eigenvalue weighted by molar-refractivity contribution is -0.231. The number of nitrogens with zero attached hydrogens (tertiary/aromatic N) is 1. The molecule has 0 aliphatic carbocycles. The van der Waals surface area contributed by atoms with E-state index in [0.29, 0.717) is 17.0 Å².